The summed E-state index contributed by atoms with van der Waals surface area (Å²) in [5.74, 6) is 2.24. The fraction of sp³-hybridized carbons (Fsp3) is 0.286. The molecule has 26 heavy (non-hydrogen) atoms. The Bertz CT molecular complexity index is 958. The van der Waals surface area contributed by atoms with Gasteiger partial charge in [0.05, 0.1) is 18.1 Å². The Morgan fingerprint density at radius 3 is 2.65 bits per heavy atom. The van der Waals surface area contributed by atoms with Crippen LogP contribution in [-0.4, -0.2) is 15.9 Å². The molecule has 0 saturated heterocycles. The van der Waals surface area contributed by atoms with Gasteiger partial charge in [0.25, 0.3) is 5.91 Å². The molecule has 3 aromatic rings. The van der Waals surface area contributed by atoms with Gasteiger partial charge in [-0.15, -0.1) is 0 Å². The van der Waals surface area contributed by atoms with E-state index in [0.717, 1.165) is 41.2 Å². The van der Waals surface area contributed by atoms with Gasteiger partial charge in [-0.25, -0.2) is 4.98 Å². The topological polar surface area (TPSA) is 68.0 Å². The number of nitrogens with one attached hydrogen (secondary N) is 1. The van der Waals surface area contributed by atoms with Crippen molar-refractivity contribution in [3.8, 4) is 11.3 Å². The monoisotopic (exact) mass is 347 g/mol. The lowest BCUT2D eigenvalue weighted by Gasteiger charge is -2.11. The number of amides is 1. The molecule has 0 radical (unpaired) electrons. The third-order valence-electron chi connectivity index (χ3n) is 4.89. The van der Waals surface area contributed by atoms with E-state index < -0.39 is 0 Å². The summed E-state index contributed by atoms with van der Waals surface area (Å²) in [4.78, 5) is 21.3. The number of aromatic nitrogens is 2. The summed E-state index contributed by atoms with van der Waals surface area (Å²) in [5.41, 5.74) is 4.68. The molecule has 5 nitrogen and oxygen atoms in total. The highest BCUT2D eigenvalue weighted by atomic mass is 16.3. The van der Waals surface area contributed by atoms with Gasteiger partial charge in [-0.2, -0.15) is 0 Å². The van der Waals surface area contributed by atoms with E-state index in [1.807, 2.05) is 32.0 Å². The van der Waals surface area contributed by atoms with Crippen molar-refractivity contribution in [3.63, 3.8) is 0 Å². The van der Waals surface area contributed by atoms with E-state index in [4.69, 9.17) is 4.42 Å². The van der Waals surface area contributed by atoms with Crippen LogP contribution in [-0.2, 0) is 12.8 Å². The number of furan rings is 1. The Morgan fingerprint density at radius 1 is 1.08 bits per heavy atom. The quantitative estimate of drug-likeness (QED) is 0.758. The molecule has 0 saturated carbocycles. The second kappa shape index (κ2) is 6.75. The van der Waals surface area contributed by atoms with Crippen LogP contribution in [0.25, 0.3) is 11.3 Å². The lowest BCUT2D eigenvalue weighted by Crippen LogP contribution is -2.14. The maximum atomic E-state index is 12.4. The fourth-order valence-electron chi connectivity index (χ4n) is 3.57. The summed E-state index contributed by atoms with van der Waals surface area (Å²) >= 11 is 0. The highest BCUT2D eigenvalue weighted by Gasteiger charge is 2.22. The molecule has 1 N–H and O–H groups in total. The molecule has 5 heteroatoms. The molecule has 0 fully saturated rings. The van der Waals surface area contributed by atoms with Crippen LogP contribution in [0.5, 0.6) is 0 Å². The predicted molar refractivity (Wildman–Crippen MR) is 100 cm³/mol. The standard InChI is InChI=1S/C21H21N3O2/c1-13-7-3-4-8-15(13)21(25)24-19-12-22-17(11-23-19)20-14(2)26-18-10-6-5-9-16(18)20/h3-4,7-8,11-12H,5-6,9-10H2,1-2H3,(H,23,24,25). The molecule has 0 unspecified atom stereocenters. The zero-order valence-corrected chi connectivity index (χ0v) is 15.0. The molecule has 132 valence electrons. The van der Waals surface area contributed by atoms with Gasteiger partial charge < -0.3 is 9.73 Å². The fourth-order valence-corrected chi connectivity index (χ4v) is 3.57. The minimum atomic E-state index is -0.179. The van der Waals surface area contributed by atoms with E-state index in [9.17, 15) is 4.79 Å². The Labute approximate surface area is 152 Å². The zero-order valence-electron chi connectivity index (χ0n) is 15.0. The van der Waals surface area contributed by atoms with Gasteiger partial charge in [-0.3, -0.25) is 9.78 Å². The Kier molecular flexibility index (Phi) is 4.29. The maximum Gasteiger partial charge on any atom is 0.257 e. The normalized spacial score (nSPS) is 13.3. The van der Waals surface area contributed by atoms with E-state index >= 15 is 0 Å². The highest BCUT2D eigenvalue weighted by molar-refractivity contribution is 6.04. The van der Waals surface area contributed by atoms with Crippen LogP contribution in [0.3, 0.4) is 0 Å². The summed E-state index contributed by atoms with van der Waals surface area (Å²) in [5, 5.41) is 2.81. The van der Waals surface area contributed by atoms with E-state index in [1.54, 1.807) is 18.5 Å². The van der Waals surface area contributed by atoms with Crippen molar-refractivity contribution < 1.29 is 9.21 Å². The molecule has 1 aromatic carbocycles. The van der Waals surface area contributed by atoms with Crippen LogP contribution < -0.4 is 5.32 Å². The first-order valence-electron chi connectivity index (χ1n) is 8.94. The summed E-state index contributed by atoms with van der Waals surface area (Å²) in [6.45, 7) is 3.89. The first-order chi connectivity index (χ1) is 12.6. The first kappa shape index (κ1) is 16.5. The number of carbonyl (C=O) groups excluding carboxylic acids is 1. The van der Waals surface area contributed by atoms with E-state index in [0.29, 0.717) is 11.4 Å². The van der Waals surface area contributed by atoms with Crippen LogP contribution in [0.15, 0.2) is 41.1 Å². The summed E-state index contributed by atoms with van der Waals surface area (Å²) in [6.07, 6.45) is 7.68. The number of hydrogen-bond acceptors (Lipinski definition) is 4. The van der Waals surface area contributed by atoms with Gasteiger partial charge in [0, 0.05) is 23.1 Å². The van der Waals surface area contributed by atoms with Crippen LogP contribution in [0.2, 0.25) is 0 Å². The van der Waals surface area contributed by atoms with Crippen LogP contribution in [0.1, 0.15) is 45.8 Å². The van der Waals surface area contributed by atoms with Gasteiger partial charge >= 0.3 is 0 Å². The summed E-state index contributed by atoms with van der Waals surface area (Å²) in [7, 11) is 0. The van der Waals surface area contributed by atoms with E-state index in [-0.39, 0.29) is 5.91 Å². The predicted octanol–water partition coefficient (Wildman–Crippen LogP) is 4.48. The lowest BCUT2D eigenvalue weighted by atomic mass is 9.93. The van der Waals surface area contributed by atoms with Crippen molar-refractivity contribution in [2.24, 2.45) is 0 Å². The molecule has 0 spiro atoms. The number of hydrogen-bond donors (Lipinski definition) is 1. The molecule has 1 aliphatic rings. The molecule has 1 amide bonds. The average Bonchev–Trinajstić information content (AvgIpc) is 2.98. The second-order valence-corrected chi connectivity index (χ2v) is 6.70. The molecule has 0 aliphatic heterocycles. The van der Waals surface area contributed by atoms with Gasteiger partial charge in [0.15, 0.2) is 5.82 Å². The smallest absolute Gasteiger partial charge is 0.257 e. The SMILES string of the molecule is Cc1ccccc1C(=O)Nc1cnc(-c2c(C)oc3c2CCCC3)cn1. The van der Waals surface area contributed by atoms with E-state index in [2.05, 4.69) is 15.3 Å². The molecule has 1 aliphatic carbocycles. The number of anilines is 1. The number of aryl methyl sites for hydroxylation is 3. The molecule has 2 aromatic heterocycles. The van der Waals surface area contributed by atoms with Crippen LogP contribution in [0, 0.1) is 13.8 Å². The average molecular weight is 347 g/mol. The van der Waals surface area contributed by atoms with Crippen molar-refractivity contribution in [1.29, 1.82) is 0 Å². The molecule has 2 heterocycles. The molecular weight excluding hydrogens is 326 g/mol. The van der Waals surface area contributed by atoms with Gasteiger partial charge in [0.2, 0.25) is 0 Å². The minimum Gasteiger partial charge on any atom is -0.465 e. The van der Waals surface area contributed by atoms with E-state index in [1.165, 1.54) is 18.4 Å². The number of nitrogens with zero attached hydrogens (tertiary/aromatic N) is 2. The highest BCUT2D eigenvalue weighted by Crippen LogP contribution is 2.35. The number of carbonyl (C=O) groups is 1. The summed E-state index contributed by atoms with van der Waals surface area (Å²) < 4.78 is 5.92. The minimum absolute atomic E-state index is 0.179. The third kappa shape index (κ3) is 3.01. The van der Waals surface area contributed by atoms with Crippen molar-refractivity contribution in [2.45, 2.75) is 39.5 Å². The maximum absolute atomic E-state index is 12.4. The third-order valence-corrected chi connectivity index (χ3v) is 4.89. The van der Waals surface area contributed by atoms with Crippen molar-refractivity contribution in [1.82, 2.24) is 9.97 Å². The van der Waals surface area contributed by atoms with Gasteiger partial charge in [-0.1, -0.05) is 18.2 Å². The largest absolute Gasteiger partial charge is 0.465 e. The van der Waals surface area contributed by atoms with Crippen molar-refractivity contribution >= 4 is 11.7 Å². The number of benzene rings is 1. The Balaban J connectivity index is 1.57. The van der Waals surface area contributed by atoms with Crippen molar-refractivity contribution in [2.75, 3.05) is 5.32 Å². The Morgan fingerprint density at radius 2 is 1.88 bits per heavy atom. The Hall–Kier alpha value is -2.95. The molecule has 0 atom stereocenters. The summed E-state index contributed by atoms with van der Waals surface area (Å²) in [6, 6.07) is 7.47. The molecular formula is C21H21N3O2. The van der Waals surface area contributed by atoms with Gasteiger partial charge in [0.1, 0.15) is 11.5 Å². The zero-order chi connectivity index (χ0) is 18.1. The first-order valence-corrected chi connectivity index (χ1v) is 8.94. The number of fused-ring (bicyclic) bond motifs is 1. The van der Waals surface area contributed by atoms with Crippen LogP contribution >= 0.6 is 0 Å². The van der Waals surface area contributed by atoms with Gasteiger partial charge in [-0.05, 0) is 44.7 Å². The second-order valence-electron chi connectivity index (χ2n) is 6.70. The number of rotatable bonds is 3. The molecule has 4 rings (SSSR count). The van der Waals surface area contributed by atoms with Crippen molar-refractivity contribution in [3.05, 3.63) is 64.9 Å². The van der Waals surface area contributed by atoms with Crippen LogP contribution in [0.4, 0.5) is 5.82 Å². The molecule has 0 bridgehead atoms. The lowest BCUT2D eigenvalue weighted by molar-refractivity contribution is 0.102.